The zero-order chi connectivity index (χ0) is 10.4. The molecule has 0 heterocycles. The van der Waals surface area contributed by atoms with Gasteiger partial charge in [0.1, 0.15) is 11.6 Å². The monoisotopic (exact) mass is 258 g/mol. The number of ether oxygens (including phenoxy) is 1. The summed E-state index contributed by atoms with van der Waals surface area (Å²) in [4.78, 5) is 0. The first kappa shape index (κ1) is 10.8. The zero-order valence-corrected chi connectivity index (χ0v) is 9.07. The minimum Gasteiger partial charge on any atom is -0.492 e. The third-order valence-corrected chi connectivity index (χ3v) is 2.24. The second kappa shape index (κ2) is 5.49. The highest BCUT2D eigenvalue weighted by atomic mass is 79.9. The van der Waals surface area contributed by atoms with Crippen LogP contribution >= 0.6 is 15.9 Å². The molecular formula is C9H11BrN2O2. The van der Waals surface area contributed by atoms with Crippen LogP contribution in [0, 0.1) is 0 Å². The number of oxime groups is 1. The summed E-state index contributed by atoms with van der Waals surface area (Å²) in [5.74, 6) is 0.912. The number of benzene rings is 1. The van der Waals surface area contributed by atoms with Gasteiger partial charge in [-0.2, -0.15) is 0 Å². The Kier molecular flexibility index (Phi) is 4.25. The minimum atomic E-state index is 0.164. The fourth-order valence-corrected chi connectivity index (χ4v) is 1.28. The third kappa shape index (κ3) is 3.26. The predicted molar refractivity (Wildman–Crippen MR) is 57.7 cm³/mol. The number of hydrogen-bond acceptors (Lipinski definition) is 3. The third-order valence-electron chi connectivity index (χ3n) is 1.58. The summed E-state index contributed by atoms with van der Waals surface area (Å²) in [5.41, 5.74) is 5.28. The summed E-state index contributed by atoms with van der Waals surface area (Å²) >= 11 is 3.34. The first-order valence-electron chi connectivity index (χ1n) is 4.07. The summed E-state index contributed by atoms with van der Waals surface area (Å²) in [6, 6.07) is 7.51. The molecule has 0 unspecified atom stereocenters. The van der Waals surface area contributed by atoms with Gasteiger partial charge in [0.25, 0.3) is 0 Å². The Labute approximate surface area is 90.5 Å². The molecule has 0 spiro atoms. The molecule has 0 aliphatic heterocycles. The quantitative estimate of drug-likeness (QED) is 0.376. The van der Waals surface area contributed by atoms with Crippen LogP contribution in [0.15, 0.2) is 33.9 Å². The van der Waals surface area contributed by atoms with Crippen molar-refractivity contribution in [2.24, 2.45) is 10.9 Å². The molecule has 1 aromatic rings. The van der Waals surface area contributed by atoms with Crippen LogP contribution in [0.4, 0.5) is 0 Å². The summed E-state index contributed by atoms with van der Waals surface area (Å²) in [7, 11) is 0. The lowest BCUT2D eigenvalue weighted by atomic mass is 10.3. The van der Waals surface area contributed by atoms with Crippen molar-refractivity contribution in [3.8, 4) is 5.75 Å². The van der Waals surface area contributed by atoms with E-state index in [1.54, 1.807) is 0 Å². The molecule has 0 amide bonds. The lowest BCUT2D eigenvalue weighted by molar-refractivity contribution is 0.305. The lowest BCUT2D eigenvalue weighted by Gasteiger charge is -2.06. The van der Waals surface area contributed by atoms with Crippen molar-refractivity contribution in [2.45, 2.75) is 6.42 Å². The van der Waals surface area contributed by atoms with Crippen LogP contribution < -0.4 is 10.5 Å². The van der Waals surface area contributed by atoms with E-state index < -0.39 is 0 Å². The van der Waals surface area contributed by atoms with E-state index in [0.717, 1.165) is 10.2 Å². The van der Waals surface area contributed by atoms with Gasteiger partial charge in [-0.1, -0.05) is 17.3 Å². The fraction of sp³-hybridized carbons (Fsp3) is 0.222. The molecular weight excluding hydrogens is 248 g/mol. The maximum atomic E-state index is 8.28. The molecule has 1 rings (SSSR count). The van der Waals surface area contributed by atoms with Gasteiger partial charge < -0.3 is 15.7 Å². The fourth-order valence-electron chi connectivity index (χ4n) is 0.877. The molecule has 76 valence electrons. The summed E-state index contributed by atoms with van der Waals surface area (Å²) in [6.45, 7) is 0.387. The highest BCUT2D eigenvalue weighted by Gasteiger charge is 1.99. The number of halogens is 1. The van der Waals surface area contributed by atoms with Gasteiger partial charge in [0.2, 0.25) is 0 Å². The molecule has 0 aliphatic carbocycles. The first-order chi connectivity index (χ1) is 6.74. The van der Waals surface area contributed by atoms with Gasteiger partial charge in [-0.05, 0) is 28.1 Å². The van der Waals surface area contributed by atoms with E-state index in [9.17, 15) is 0 Å². The maximum absolute atomic E-state index is 8.28. The standard InChI is InChI=1S/C9H11BrN2O2/c10-7-3-1-2-4-8(7)14-6-5-9(11)12-13/h1-4,13H,5-6H2,(H2,11,12). The van der Waals surface area contributed by atoms with Crippen molar-refractivity contribution in [3.05, 3.63) is 28.7 Å². The average molecular weight is 259 g/mol. The van der Waals surface area contributed by atoms with Crippen LogP contribution in [0.25, 0.3) is 0 Å². The van der Waals surface area contributed by atoms with Crippen molar-refractivity contribution in [3.63, 3.8) is 0 Å². The van der Waals surface area contributed by atoms with Crippen molar-refractivity contribution < 1.29 is 9.94 Å². The number of hydrogen-bond donors (Lipinski definition) is 2. The molecule has 0 aliphatic rings. The normalized spacial score (nSPS) is 11.4. The second-order valence-electron chi connectivity index (χ2n) is 2.62. The summed E-state index contributed by atoms with van der Waals surface area (Å²) in [5, 5.41) is 11.1. The van der Waals surface area contributed by atoms with Gasteiger partial charge in [-0.25, -0.2) is 0 Å². The molecule has 0 saturated heterocycles. The molecule has 0 bridgehead atoms. The minimum absolute atomic E-state index is 0.164. The molecule has 0 aromatic heterocycles. The Morgan fingerprint density at radius 3 is 2.86 bits per heavy atom. The van der Waals surface area contributed by atoms with Gasteiger partial charge >= 0.3 is 0 Å². The Morgan fingerprint density at radius 1 is 1.50 bits per heavy atom. The highest BCUT2D eigenvalue weighted by Crippen LogP contribution is 2.23. The number of nitrogens with two attached hydrogens (primary N) is 1. The number of rotatable bonds is 4. The number of nitrogens with zero attached hydrogens (tertiary/aromatic N) is 1. The van der Waals surface area contributed by atoms with Crippen molar-refractivity contribution in [1.29, 1.82) is 0 Å². The summed E-state index contributed by atoms with van der Waals surface area (Å²) in [6.07, 6.45) is 0.401. The number of amidine groups is 1. The average Bonchev–Trinajstić information content (AvgIpc) is 2.20. The largest absolute Gasteiger partial charge is 0.492 e. The van der Waals surface area contributed by atoms with Crippen molar-refractivity contribution in [1.82, 2.24) is 0 Å². The van der Waals surface area contributed by atoms with E-state index in [0.29, 0.717) is 13.0 Å². The van der Waals surface area contributed by atoms with Crippen LogP contribution in [0.1, 0.15) is 6.42 Å². The topological polar surface area (TPSA) is 67.8 Å². The van der Waals surface area contributed by atoms with Crippen LogP contribution in [-0.4, -0.2) is 17.6 Å². The smallest absolute Gasteiger partial charge is 0.142 e. The van der Waals surface area contributed by atoms with Crippen molar-refractivity contribution >= 4 is 21.8 Å². The molecule has 0 atom stereocenters. The lowest BCUT2D eigenvalue weighted by Crippen LogP contribution is -2.15. The Hall–Kier alpha value is -1.23. The van der Waals surface area contributed by atoms with E-state index in [1.807, 2.05) is 24.3 Å². The van der Waals surface area contributed by atoms with Gasteiger partial charge in [-0.3, -0.25) is 0 Å². The molecule has 0 radical (unpaired) electrons. The highest BCUT2D eigenvalue weighted by molar-refractivity contribution is 9.10. The van der Waals surface area contributed by atoms with E-state index in [1.165, 1.54) is 0 Å². The second-order valence-corrected chi connectivity index (χ2v) is 3.47. The van der Waals surface area contributed by atoms with E-state index in [2.05, 4.69) is 21.1 Å². The van der Waals surface area contributed by atoms with Crippen LogP contribution in [0.5, 0.6) is 5.75 Å². The van der Waals surface area contributed by atoms with Crippen LogP contribution in [-0.2, 0) is 0 Å². The molecule has 1 aromatic carbocycles. The maximum Gasteiger partial charge on any atom is 0.142 e. The van der Waals surface area contributed by atoms with E-state index in [4.69, 9.17) is 15.7 Å². The Balaban J connectivity index is 2.43. The van der Waals surface area contributed by atoms with E-state index >= 15 is 0 Å². The zero-order valence-electron chi connectivity index (χ0n) is 7.48. The molecule has 0 saturated carbocycles. The van der Waals surface area contributed by atoms with Gasteiger partial charge in [0, 0.05) is 6.42 Å². The van der Waals surface area contributed by atoms with E-state index in [-0.39, 0.29) is 5.84 Å². The summed E-state index contributed by atoms with van der Waals surface area (Å²) < 4.78 is 6.28. The van der Waals surface area contributed by atoms with Crippen LogP contribution in [0.3, 0.4) is 0 Å². The van der Waals surface area contributed by atoms with Crippen molar-refractivity contribution in [2.75, 3.05) is 6.61 Å². The molecule has 14 heavy (non-hydrogen) atoms. The number of para-hydroxylation sites is 1. The SMILES string of the molecule is N/C(CCOc1ccccc1Br)=N\O. The molecule has 0 fully saturated rings. The van der Waals surface area contributed by atoms with Gasteiger partial charge in [0.15, 0.2) is 0 Å². The Morgan fingerprint density at radius 2 is 2.21 bits per heavy atom. The molecule has 5 heteroatoms. The Bertz CT molecular complexity index is 328. The van der Waals surface area contributed by atoms with Gasteiger partial charge in [-0.15, -0.1) is 0 Å². The predicted octanol–water partition coefficient (Wildman–Crippen LogP) is 1.96. The van der Waals surface area contributed by atoms with Gasteiger partial charge in [0.05, 0.1) is 11.1 Å². The molecule has 4 nitrogen and oxygen atoms in total. The first-order valence-corrected chi connectivity index (χ1v) is 4.87. The molecule has 3 N–H and O–H groups in total. The van der Waals surface area contributed by atoms with Crippen LogP contribution in [0.2, 0.25) is 0 Å².